The lowest BCUT2D eigenvalue weighted by molar-refractivity contribution is -0.113. The largest absolute Gasteiger partial charge is 0.488 e. The van der Waals surface area contributed by atoms with Gasteiger partial charge in [0, 0.05) is 16.0 Å². The third kappa shape index (κ3) is 2.69. The highest BCUT2D eigenvalue weighted by Gasteiger charge is 2.18. The van der Waals surface area contributed by atoms with E-state index in [9.17, 15) is 4.79 Å². The molecule has 1 aliphatic heterocycles. The average molecular weight is 307 g/mol. The van der Waals surface area contributed by atoms with Gasteiger partial charge >= 0.3 is 0 Å². The summed E-state index contributed by atoms with van der Waals surface area (Å²) in [4.78, 5) is 16.3. The fraction of sp³-hybridized carbons (Fsp3) is 0.143. The first-order chi connectivity index (χ1) is 9.61. The summed E-state index contributed by atoms with van der Waals surface area (Å²) in [6, 6.07) is 5.33. The van der Waals surface area contributed by atoms with E-state index in [0.29, 0.717) is 15.7 Å². The summed E-state index contributed by atoms with van der Waals surface area (Å²) < 4.78 is 5.55. The molecule has 1 amide bonds. The van der Waals surface area contributed by atoms with Crippen molar-refractivity contribution in [3.05, 3.63) is 45.4 Å². The molecule has 0 fully saturated rings. The summed E-state index contributed by atoms with van der Waals surface area (Å²) in [5, 5.41) is 5.85. The van der Waals surface area contributed by atoms with Gasteiger partial charge in [-0.2, -0.15) is 0 Å². The highest BCUT2D eigenvalue weighted by atomic mass is 35.5. The maximum atomic E-state index is 12.1. The van der Waals surface area contributed by atoms with E-state index >= 15 is 0 Å². The van der Waals surface area contributed by atoms with Crippen LogP contribution >= 0.6 is 22.9 Å². The number of hydrogen-bond acceptors (Lipinski definition) is 4. The van der Waals surface area contributed by atoms with Gasteiger partial charge in [-0.05, 0) is 31.2 Å². The number of nitrogens with one attached hydrogen (secondary N) is 1. The van der Waals surface area contributed by atoms with E-state index < -0.39 is 0 Å². The normalized spacial score (nSPS) is 13.2. The Kier molecular flexibility index (Phi) is 3.46. The fourth-order valence-corrected chi connectivity index (χ4v) is 2.73. The predicted octanol–water partition coefficient (Wildman–Crippen LogP) is 3.52. The summed E-state index contributed by atoms with van der Waals surface area (Å²) in [6.07, 6.45) is 1.79. The summed E-state index contributed by atoms with van der Waals surface area (Å²) in [5.74, 6) is 0.529. The highest BCUT2D eigenvalue weighted by molar-refractivity contribution is 7.13. The molecule has 1 N–H and O–H groups in total. The van der Waals surface area contributed by atoms with Gasteiger partial charge in [0.2, 0.25) is 0 Å². The number of ether oxygens (including phenoxy) is 1. The number of nitrogens with zero attached hydrogens (tertiary/aromatic N) is 1. The second-order valence-corrected chi connectivity index (χ2v) is 5.68. The Morgan fingerprint density at radius 1 is 1.50 bits per heavy atom. The molecule has 0 unspecified atom stereocenters. The molecule has 0 saturated carbocycles. The van der Waals surface area contributed by atoms with E-state index in [2.05, 4.69) is 10.3 Å². The topological polar surface area (TPSA) is 51.2 Å². The zero-order valence-corrected chi connectivity index (χ0v) is 12.2. The molecule has 4 nitrogen and oxygen atoms in total. The monoisotopic (exact) mass is 306 g/mol. The molecule has 2 aromatic rings. The van der Waals surface area contributed by atoms with Crippen molar-refractivity contribution in [3.63, 3.8) is 0 Å². The molecular weight excluding hydrogens is 296 g/mol. The maximum Gasteiger partial charge on any atom is 0.256 e. The third-order valence-electron chi connectivity index (χ3n) is 2.82. The Bertz CT molecular complexity index is 709. The number of fused-ring (bicyclic) bond motifs is 1. The van der Waals surface area contributed by atoms with Crippen molar-refractivity contribution in [2.75, 3.05) is 11.9 Å². The highest BCUT2D eigenvalue weighted by Crippen LogP contribution is 2.29. The Hall–Kier alpha value is -1.85. The van der Waals surface area contributed by atoms with E-state index in [-0.39, 0.29) is 12.5 Å². The molecule has 102 valence electrons. The SMILES string of the molecule is Cc1csc(NC(=O)C2=Cc3cc(Cl)ccc3OC2)n1. The molecule has 0 spiro atoms. The Morgan fingerprint density at radius 2 is 2.35 bits per heavy atom. The molecule has 1 aromatic carbocycles. The summed E-state index contributed by atoms with van der Waals surface area (Å²) in [5.41, 5.74) is 2.24. The standard InChI is InChI=1S/C14H11ClN2O2S/c1-8-7-20-14(16-8)17-13(18)10-4-9-5-11(15)2-3-12(9)19-6-10/h2-5,7H,6H2,1H3,(H,16,17,18). The molecule has 0 radical (unpaired) electrons. The number of anilines is 1. The van der Waals surface area contributed by atoms with E-state index in [1.165, 1.54) is 11.3 Å². The van der Waals surface area contributed by atoms with Gasteiger partial charge in [0.15, 0.2) is 5.13 Å². The Balaban J connectivity index is 1.82. The number of benzene rings is 1. The number of hydrogen-bond donors (Lipinski definition) is 1. The van der Waals surface area contributed by atoms with Crippen LogP contribution in [-0.2, 0) is 4.79 Å². The van der Waals surface area contributed by atoms with Crippen molar-refractivity contribution in [3.8, 4) is 5.75 Å². The Morgan fingerprint density at radius 3 is 3.10 bits per heavy atom. The van der Waals surface area contributed by atoms with Gasteiger partial charge in [-0.25, -0.2) is 4.98 Å². The van der Waals surface area contributed by atoms with Crippen LogP contribution in [0, 0.1) is 6.92 Å². The molecule has 0 saturated heterocycles. The van der Waals surface area contributed by atoms with Crippen molar-refractivity contribution in [1.29, 1.82) is 0 Å². The minimum atomic E-state index is -0.204. The van der Waals surface area contributed by atoms with E-state index in [1.807, 2.05) is 12.3 Å². The first-order valence-electron chi connectivity index (χ1n) is 5.98. The van der Waals surface area contributed by atoms with Crippen LogP contribution in [0.2, 0.25) is 5.02 Å². The molecule has 0 aliphatic carbocycles. The average Bonchev–Trinajstić information content (AvgIpc) is 2.83. The van der Waals surface area contributed by atoms with E-state index in [0.717, 1.165) is 17.0 Å². The molecule has 1 aliphatic rings. The second-order valence-electron chi connectivity index (χ2n) is 4.39. The van der Waals surface area contributed by atoms with Crippen molar-refractivity contribution < 1.29 is 9.53 Å². The maximum absolute atomic E-state index is 12.1. The molecule has 0 atom stereocenters. The van der Waals surface area contributed by atoms with Gasteiger partial charge in [-0.3, -0.25) is 10.1 Å². The second kappa shape index (κ2) is 5.26. The minimum Gasteiger partial charge on any atom is -0.488 e. The molecule has 0 bridgehead atoms. The van der Waals surface area contributed by atoms with Crippen LogP contribution in [0.15, 0.2) is 29.2 Å². The smallest absolute Gasteiger partial charge is 0.256 e. The van der Waals surface area contributed by atoms with Gasteiger partial charge < -0.3 is 4.74 Å². The lowest BCUT2D eigenvalue weighted by Crippen LogP contribution is -2.21. The van der Waals surface area contributed by atoms with Crippen LogP contribution in [-0.4, -0.2) is 17.5 Å². The molecule has 2 heterocycles. The van der Waals surface area contributed by atoms with Gasteiger partial charge in [0.1, 0.15) is 12.4 Å². The van der Waals surface area contributed by atoms with Gasteiger partial charge in [-0.15, -0.1) is 11.3 Å². The quantitative estimate of drug-likeness (QED) is 0.923. The van der Waals surface area contributed by atoms with Crippen molar-refractivity contribution >= 4 is 40.1 Å². The minimum absolute atomic E-state index is 0.204. The number of aryl methyl sites for hydroxylation is 1. The van der Waals surface area contributed by atoms with E-state index in [1.54, 1.807) is 24.3 Å². The summed E-state index contributed by atoms with van der Waals surface area (Å²) >= 11 is 7.34. The van der Waals surface area contributed by atoms with E-state index in [4.69, 9.17) is 16.3 Å². The summed E-state index contributed by atoms with van der Waals surface area (Å²) in [7, 11) is 0. The third-order valence-corrected chi connectivity index (χ3v) is 3.93. The molecule has 6 heteroatoms. The summed E-state index contributed by atoms with van der Waals surface area (Å²) in [6.45, 7) is 2.12. The number of carbonyl (C=O) groups excluding carboxylic acids is 1. The van der Waals surface area contributed by atoms with Crippen LogP contribution in [0.25, 0.3) is 6.08 Å². The van der Waals surface area contributed by atoms with Crippen LogP contribution in [0.1, 0.15) is 11.3 Å². The zero-order valence-electron chi connectivity index (χ0n) is 10.6. The number of aromatic nitrogens is 1. The van der Waals surface area contributed by atoms with Crippen LogP contribution in [0.4, 0.5) is 5.13 Å². The molecule has 3 rings (SSSR count). The number of amides is 1. The lowest BCUT2D eigenvalue weighted by atomic mass is 10.1. The number of thiazole rings is 1. The number of halogens is 1. The zero-order chi connectivity index (χ0) is 14.1. The van der Waals surface area contributed by atoms with Crippen LogP contribution in [0.3, 0.4) is 0 Å². The van der Waals surface area contributed by atoms with Crippen molar-refractivity contribution in [2.24, 2.45) is 0 Å². The van der Waals surface area contributed by atoms with Gasteiger partial charge in [0.05, 0.1) is 11.3 Å². The number of rotatable bonds is 2. The first kappa shape index (κ1) is 13.1. The van der Waals surface area contributed by atoms with Crippen molar-refractivity contribution in [2.45, 2.75) is 6.92 Å². The lowest BCUT2D eigenvalue weighted by Gasteiger charge is -2.17. The van der Waals surface area contributed by atoms with Gasteiger partial charge in [0.25, 0.3) is 5.91 Å². The molecular formula is C14H11ClN2O2S. The van der Waals surface area contributed by atoms with Crippen molar-refractivity contribution in [1.82, 2.24) is 4.98 Å². The molecule has 20 heavy (non-hydrogen) atoms. The fourth-order valence-electron chi connectivity index (χ4n) is 1.87. The molecule has 1 aromatic heterocycles. The number of carbonyl (C=O) groups is 1. The first-order valence-corrected chi connectivity index (χ1v) is 7.24. The predicted molar refractivity (Wildman–Crippen MR) is 80.4 cm³/mol. The Labute approximate surface area is 125 Å². The van der Waals surface area contributed by atoms with Gasteiger partial charge in [-0.1, -0.05) is 11.6 Å². The van der Waals surface area contributed by atoms with Crippen LogP contribution < -0.4 is 10.1 Å². The van der Waals surface area contributed by atoms with Crippen LogP contribution in [0.5, 0.6) is 5.75 Å².